The molecule has 0 unspecified atom stereocenters. The number of Topliss-reactive ketones (excluding diaryl/α,β-unsaturated/α-hetero) is 1. The number of ketones is 1. The molecule has 0 spiro atoms. The molecule has 2 aromatic carbocycles. The first-order chi connectivity index (χ1) is 12.8. The average molecular weight is 407 g/mol. The first-order valence-corrected chi connectivity index (χ1v) is 11.3. The highest BCUT2D eigenvalue weighted by Crippen LogP contribution is 2.40. The van der Waals surface area contributed by atoms with Gasteiger partial charge in [-0.05, 0) is 30.7 Å². The van der Waals surface area contributed by atoms with E-state index in [0.717, 1.165) is 24.3 Å². The largest absolute Gasteiger partial charge is 0.374 e. The van der Waals surface area contributed by atoms with Gasteiger partial charge in [-0.2, -0.15) is 0 Å². The minimum atomic E-state index is -3.99. The molecule has 2 aromatic rings. The summed E-state index contributed by atoms with van der Waals surface area (Å²) in [7, 11) is -2.08. The number of hydrogen-bond donors (Lipinski definition) is 1. The van der Waals surface area contributed by atoms with E-state index in [1.807, 2.05) is 42.3 Å². The fourth-order valence-corrected chi connectivity index (χ4v) is 4.81. The maximum atomic E-state index is 12.3. The second-order valence-electron chi connectivity index (χ2n) is 6.33. The van der Waals surface area contributed by atoms with Gasteiger partial charge in [0.1, 0.15) is 0 Å². The van der Waals surface area contributed by atoms with Crippen LogP contribution in [0.4, 0.5) is 5.69 Å². The maximum absolute atomic E-state index is 12.3. The van der Waals surface area contributed by atoms with Crippen molar-refractivity contribution in [1.29, 1.82) is 0 Å². The Kier molecular flexibility index (Phi) is 7.47. The number of nitrogens with zero attached hydrogens (tertiary/aromatic N) is 1. The fourth-order valence-electron chi connectivity index (χ4n) is 2.67. The summed E-state index contributed by atoms with van der Waals surface area (Å²) in [4.78, 5) is 15.7. The van der Waals surface area contributed by atoms with E-state index < -0.39 is 10.0 Å². The van der Waals surface area contributed by atoms with Gasteiger partial charge < -0.3 is 4.90 Å². The van der Waals surface area contributed by atoms with E-state index in [1.54, 1.807) is 13.0 Å². The fraction of sp³-hybridized carbons (Fsp3) is 0.350. The molecule has 27 heavy (non-hydrogen) atoms. The number of nitrogens with two attached hydrogens (primary N) is 1. The molecule has 0 fully saturated rings. The van der Waals surface area contributed by atoms with Crippen LogP contribution in [-0.4, -0.2) is 27.8 Å². The number of carbonyl (C=O) groups excluding carboxylic acids is 1. The maximum Gasteiger partial charge on any atom is 0.239 e. The lowest BCUT2D eigenvalue weighted by atomic mass is 10.1. The Balaban J connectivity index is 2.69. The first-order valence-electron chi connectivity index (χ1n) is 8.96. The lowest BCUT2D eigenvalue weighted by Gasteiger charge is -2.24. The number of unbranched alkanes of at least 4 members (excludes halogenated alkanes) is 1. The van der Waals surface area contributed by atoms with E-state index in [2.05, 4.69) is 6.92 Å². The van der Waals surface area contributed by atoms with Crippen LogP contribution in [0, 0.1) is 0 Å². The summed E-state index contributed by atoms with van der Waals surface area (Å²) >= 11 is 1.35. The van der Waals surface area contributed by atoms with E-state index in [1.165, 1.54) is 17.8 Å². The van der Waals surface area contributed by atoms with Crippen LogP contribution >= 0.6 is 11.8 Å². The zero-order valence-corrected chi connectivity index (χ0v) is 17.6. The summed E-state index contributed by atoms with van der Waals surface area (Å²) in [6.45, 7) is 4.61. The Labute approximate surface area is 166 Å². The van der Waals surface area contributed by atoms with Crippen LogP contribution in [0.3, 0.4) is 0 Å². The minimum Gasteiger partial charge on any atom is -0.374 e. The third kappa shape index (κ3) is 5.57. The van der Waals surface area contributed by atoms with Crippen LogP contribution < -0.4 is 10.0 Å². The second kappa shape index (κ2) is 9.39. The lowest BCUT2D eigenvalue weighted by Crippen LogP contribution is -2.22. The quantitative estimate of drug-likeness (QED) is 0.628. The second-order valence-corrected chi connectivity index (χ2v) is 8.95. The summed E-state index contributed by atoms with van der Waals surface area (Å²) in [6, 6.07) is 12.7. The van der Waals surface area contributed by atoms with Crippen molar-refractivity contribution >= 4 is 33.3 Å². The van der Waals surface area contributed by atoms with Crippen molar-refractivity contribution in [2.24, 2.45) is 5.14 Å². The summed E-state index contributed by atoms with van der Waals surface area (Å²) in [5, 5.41) is 5.52. The highest BCUT2D eigenvalue weighted by atomic mass is 32.2. The van der Waals surface area contributed by atoms with Crippen molar-refractivity contribution in [2.75, 3.05) is 18.5 Å². The van der Waals surface area contributed by atoms with Gasteiger partial charge >= 0.3 is 0 Å². The molecule has 0 aliphatic heterocycles. The predicted octanol–water partition coefficient (Wildman–Crippen LogP) is 4.31. The molecule has 0 heterocycles. The molecule has 5 nitrogen and oxygen atoms in total. The Morgan fingerprint density at radius 1 is 1.15 bits per heavy atom. The number of hydrogen-bond acceptors (Lipinski definition) is 5. The molecule has 146 valence electrons. The summed E-state index contributed by atoms with van der Waals surface area (Å²) in [5.74, 6) is -0.110. The molecule has 0 aliphatic rings. The average Bonchev–Trinajstić information content (AvgIpc) is 2.65. The number of primary sulfonamides is 1. The SMILES string of the molecule is CCCCN(C)c1cc(C(=O)CC)cc(S(N)(=O)=O)c1Sc1ccccc1. The normalized spacial score (nSPS) is 11.4. The van der Waals surface area contributed by atoms with Crippen LogP contribution in [0.5, 0.6) is 0 Å². The van der Waals surface area contributed by atoms with Crippen molar-refractivity contribution in [1.82, 2.24) is 0 Å². The number of benzene rings is 2. The van der Waals surface area contributed by atoms with Gasteiger partial charge in [-0.15, -0.1) is 0 Å². The van der Waals surface area contributed by atoms with E-state index in [4.69, 9.17) is 5.14 Å². The number of carbonyl (C=O) groups is 1. The monoisotopic (exact) mass is 406 g/mol. The smallest absolute Gasteiger partial charge is 0.239 e. The van der Waals surface area contributed by atoms with Gasteiger partial charge in [-0.3, -0.25) is 4.79 Å². The summed E-state index contributed by atoms with van der Waals surface area (Å²) in [5.41, 5.74) is 1.08. The number of anilines is 1. The zero-order chi connectivity index (χ0) is 20.0. The standard InChI is InChI=1S/C20H26N2O3S2/c1-4-6-12-22(3)17-13-15(18(23)5-2)14-19(27(21,24)25)20(17)26-16-10-8-7-9-11-16/h7-11,13-14H,4-6,12H2,1-3H3,(H2,21,24,25). The molecule has 0 saturated carbocycles. The highest BCUT2D eigenvalue weighted by Gasteiger charge is 2.23. The number of sulfonamides is 1. The molecule has 0 bridgehead atoms. The van der Waals surface area contributed by atoms with E-state index in [0.29, 0.717) is 22.6 Å². The van der Waals surface area contributed by atoms with Crippen LogP contribution in [0.1, 0.15) is 43.5 Å². The Hall–Kier alpha value is -1.83. The van der Waals surface area contributed by atoms with Gasteiger partial charge in [0.05, 0.1) is 15.5 Å². The molecule has 7 heteroatoms. The third-order valence-corrected chi connectivity index (χ3v) is 6.41. The predicted molar refractivity (Wildman–Crippen MR) is 111 cm³/mol. The Morgan fingerprint density at radius 2 is 1.81 bits per heavy atom. The van der Waals surface area contributed by atoms with Gasteiger partial charge in [0.25, 0.3) is 0 Å². The van der Waals surface area contributed by atoms with E-state index in [9.17, 15) is 13.2 Å². The van der Waals surface area contributed by atoms with E-state index in [-0.39, 0.29) is 10.7 Å². The number of rotatable bonds is 9. The first kappa shape index (κ1) is 21.5. The lowest BCUT2D eigenvalue weighted by molar-refractivity contribution is 0.0988. The van der Waals surface area contributed by atoms with Crippen LogP contribution in [0.15, 0.2) is 57.2 Å². The zero-order valence-electron chi connectivity index (χ0n) is 15.9. The van der Waals surface area contributed by atoms with Gasteiger partial charge in [-0.1, -0.05) is 50.2 Å². The van der Waals surface area contributed by atoms with Crippen molar-refractivity contribution < 1.29 is 13.2 Å². The van der Waals surface area contributed by atoms with Gasteiger partial charge in [-0.25, -0.2) is 13.6 Å². The van der Waals surface area contributed by atoms with E-state index >= 15 is 0 Å². The van der Waals surface area contributed by atoms with Crippen molar-refractivity contribution in [3.05, 3.63) is 48.0 Å². The molecule has 2 N–H and O–H groups in total. The van der Waals surface area contributed by atoms with Gasteiger partial charge in [0.15, 0.2) is 5.78 Å². The third-order valence-electron chi connectivity index (χ3n) is 4.21. The van der Waals surface area contributed by atoms with Crippen LogP contribution in [0.25, 0.3) is 0 Å². The topological polar surface area (TPSA) is 80.5 Å². The van der Waals surface area contributed by atoms with Crippen LogP contribution in [-0.2, 0) is 10.0 Å². The summed E-state index contributed by atoms with van der Waals surface area (Å²) < 4.78 is 24.7. The van der Waals surface area contributed by atoms with Gasteiger partial charge in [0, 0.05) is 30.5 Å². The molecule has 0 saturated heterocycles. The molecule has 0 amide bonds. The Morgan fingerprint density at radius 3 is 2.37 bits per heavy atom. The van der Waals surface area contributed by atoms with Gasteiger partial charge in [0.2, 0.25) is 10.0 Å². The summed E-state index contributed by atoms with van der Waals surface area (Å²) in [6.07, 6.45) is 2.27. The van der Waals surface area contributed by atoms with Crippen molar-refractivity contribution in [3.63, 3.8) is 0 Å². The molecular formula is C20H26N2O3S2. The molecule has 0 atom stereocenters. The molecule has 2 rings (SSSR count). The Bertz CT molecular complexity index is 897. The minimum absolute atomic E-state index is 0.00555. The highest BCUT2D eigenvalue weighted by molar-refractivity contribution is 8.00. The molecular weight excluding hydrogens is 380 g/mol. The molecule has 0 aromatic heterocycles. The molecule has 0 radical (unpaired) electrons. The molecule has 0 aliphatic carbocycles. The van der Waals surface area contributed by atoms with Crippen molar-refractivity contribution in [3.8, 4) is 0 Å². The van der Waals surface area contributed by atoms with Crippen LogP contribution in [0.2, 0.25) is 0 Å². The van der Waals surface area contributed by atoms with Crippen molar-refractivity contribution in [2.45, 2.75) is 47.8 Å².